The van der Waals surface area contributed by atoms with E-state index in [1.165, 1.54) is 18.9 Å². The summed E-state index contributed by atoms with van der Waals surface area (Å²) in [7, 11) is -3.47. The molecular formula is C14H20BrN3O2S. The van der Waals surface area contributed by atoms with E-state index in [1.807, 2.05) is 0 Å². The zero-order valence-electron chi connectivity index (χ0n) is 11.8. The quantitative estimate of drug-likeness (QED) is 0.821. The topological polar surface area (TPSA) is 66.6 Å². The second kappa shape index (κ2) is 5.87. The summed E-state index contributed by atoms with van der Waals surface area (Å²) in [5.41, 5.74) is 6.20. The number of anilines is 1. The number of nitrogens with zero attached hydrogens (tertiary/aromatic N) is 2. The van der Waals surface area contributed by atoms with Crippen LogP contribution in [0, 0.1) is 0 Å². The monoisotopic (exact) mass is 373 g/mol. The predicted molar refractivity (Wildman–Crippen MR) is 86.5 cm³/mol. The molecule has 2 fully saturated rings. The van der Waals surface area contributed by atoms with Gasteiger partial charge < -0.3 is 5.73 Å². The Morgan fingerprint density at radius 3 is 2.62 bits per heavy atom. The van der Waals surface area contributed by atoms with Crippen molar-refractivity contribution in [2.24, 2.45) is 0 Å². The van der Waals surface area contributed by atoms with Crippen molar-refractivity contribution >= 4 is 31.6 Å². The van der Waals surface area contributed by atoms with Gasteiger partial charge in [0.1, 0.15) is 0 Å². The number of sulfonamides is 1. The van der Waals surface area contributed by atoms with E-state index in [9.17, 15) is 8.42 Å². The van der Waals surface area contributed by atoms with Gasteiger partial charge in [-0.05, 0) is 66.5 Å². The average Bonchev–Trinajstić information content (AvgIpc) is 3.11. The summed E-state index contributed by atoms with van der Waals surface area (Å²) in [6, 6.07) is 5.28. The number of hydrogen-bond donors (Lipinski definition) is 1. The van der Waals surface area contributed by atoms with E-state index < -0.39 is 10.0 Å². The third-order valence-corrected chi connectivity index (χ3v) is 7.22. The zero-order chi connectivity index (χ0) is 15.0. The molecule has 2 aliphatic rings. The van der Waals surface area contributed by atoms with E-state index in [-0.39, 0.29) is 4.90 Å². The second-order valence-electron chi connectivity index (χ2n) is 5.74. The lowest BCUT2D eigenvalue weighted by Crippen LogP contribution is -2.37. The Bertz CT molecular complexity index is 629. The minimum atomic E-state index is -3.47. The van der Waals surface area contributed by atoms with Crippen LogP contribution in [0.4, 0.5) is 5.69 Å². The summed E-state index contributed by atoms with van der Waals surface area (Å²) in [6.07, 6.45) is 3.37. The Hall–Kier alpha value is -0.630. The average molecular weight is 374 g/mol. The highest BCUT2D eigenvalue weighted by molar-refractivity contribution is 9.10. The first-order valence-corrected chi connectivity index (χ1v) is 9.51. The van der Waals surface area contributed by atoms with Crippen LogP contribution >= 0.6 is 15.9 Å². The molecule has 2 N–H and O–H groups in total. The summed E-state index contributed by atoms with van der Waals surface area (Å²) in [6.45, 7) is 3.37. The molecular weight excluding hydrogens is 354 g/mol. The van der Waals surface area contributed by atoms with Gasteiger partial charge in [-0.1, -0.05) is 0 Å². The summed E-state index contributed by atoms with van der Waals surface area (Å²) in [5, 5.41) is 0. The van der Waals surface area contributed by atoms with Crippen molar-refractivity contribution in [3.8, 4) is 0 Å². The molecule has 0 bridgehead atoms. The molecule has 1 aromatic rings. The molecule has 1 atom stereocenters. The van der Waals surface area contributed by atoms with Crippen LogP contribution < -0.4 is 5.73 Å². The molecule has 5 nitrogen and oxygen atoms in total. The number of rotatable bonds is 3. The number of nitrogen functional groups attached to an aromatic ring is 1. The van der Waals surface area contributed by atoms with Gasteiger partial charge in [0, 0.05) is 29.3 Å². The maximum atomic E-state index is 12.8. The van der Waals surface area contributed by atoms with Gasteiger partial charge in [0.25, 0.3) is 0 Å². The van der Waals surface area contributed by atoms with Crippen molar-refractivity contribution in [1.29, 1.82) is 0 Å². The number of hydrogen-bond acceptors (Lipinski definition) is 4. The van der Waals surface area contributed by atoms with Crippen LogP contribution in [0.1, 0.15) is 19.3 Å². The van der Waals surface area contributed by atoms with Gasteiger partial charge in [0.2, 0.25) is 10.0 Å². The van der Waals surface area contributed by atoms with E-state index in [1.54, 1.807) is 16.4 Å². The highest BCUT2D eigenvalue weighted by Crippen LogP contribution is 2.30. The highest BCUT2D eigenvalue weighted by atomic mass is 79.9. The van der Waals surface area contributed by atoms with Crippen molar-refractivity contribution < 1.29 is 8.42 Å². The Morgan fingerprint density at radius 1 is 1.19 bits per heavy atom. The van der Waals surface area contributed by atoms with Crippen LogP contribution in [-0.4, -0.2) is 49.8 Å². The molecule has 0 aromatic heterocycles. The Balaban J connectivity index is 1.81. The number of nitrogens with two attached hydrogens (primary N) is 1. The van der Waals surface area contributed by atoms with Gasteiger partial charge in [-0.3, -0.25) is 4.90 Å². The lowest BCUT2D eigenvalue weighted by molar-refractivity contribution is 0.251. The first kappa shape index (κ1) is 15.3. The van der Waals surface area contributed by atoms with E-state index in [2.05, 4.69) is 20.8 Å². The first-order chi connectivity index (χ1) is 9.98. The van der Waals surface area contributed by atoms with E-state index in [4.69, 9.17) is 5.73 Å². The van der Waals surface area contributed by atoms with Crippen LogP contribution in [0.3, 0.4) is 0 Å². The number of benzene rings is 1. The minimum Gasteiger partial charge on any atom is -0.399 e. The smallest absolute Gasteiger partial charge is 0.244 e. The fourth-order valence-corrected chi connectivity index (χ4v) is 5.64. The normalized spacial score (nSPS) is 24.7. The molecule has 7 heteroatoms. The minimum absolute atomic E-state index is 0.268. The maximum Gasteiger partial charge on any atom is 0.244 e. The van der Waals surface area contributed by atoms with Crippen molar-refractivity contribution in [3.05, 3.63) is 22.7 Å². The van der Waals surface area contributed by atoms with Gasteiger partial charge in [-0.15, -0.1) is 0 Å². The molecule has 2 aliphatic heterocycles. The van der Waals surface area contributed by atoms with Gasteiger partial charge in [0.05, 0.1) is 4.90 Å². The van der Waals surface area contributed by atoms with Crippen LogP contribution in [0.5, 0.6) is 0 Å². The third kappa shape index (κ3) is 2.97. The van der Waals surface area contributed by atoms with Gasteiger partial charge in [-0.2, -0.15) is 4.31 Å². The van der Waals surface area contributed by atoms with Crippen LogP contribution in [0.15, 0.2) is 27.6 Å². The zero-order valence-corrected chi connectivity index (χ0v) is 14.2. The van der Waals surface area contributed by atoms with Crippen LogP contribution in [0.2, 0.25) is 0 Å². The molecule has 116 valence electrons. The van der Waals surface area contributed by atoms with Gasteiger partial charge in [-0.25, -0.2) is 8.42 Å². The van der Waals surface area contributed by atoms with E-state index >= 15 is 0 Å². The van der Waals surface area contributed by atoms with Crippen LogP contribution in [-0.2, 0) is 10.0 Å². The van der Waals surface area contributed by atoms with E-state index in [0.717, 1.165) is 19.5 Å². The molecule has 2 saturated heterocycles. The SMILES string of the molecule is Nc1ccc(Br)c(S(=O)(=O)N2CCC(N3CCCC3)C2)c1. The largest absolute Gasteiger partial charge is 0.399 e. The molecule has 0 saturated carbocycles. The third-order valence-electron chi connectivity index (χ3n) is 4.36. The fourth-order valence-electron chi connectivity index (χ4n) is 3.19. The van der Waals surface area contributed by atoms with Crippen molar-refractivity contribution in [2.45, 2.75) is 30.2 Å². The number of likely N-dealkylation sites (tertiary alicyclic amines) is 1. The van der Waals surface area contributed by atoms with Crippen LogP contribution in [0.25, 0.3) is 0 Å². The summed E-state index contributed by atoms with van der Waals surface area (Å²) in [4.78, 5) is 2.69. The predicted octanol–water partition coefficient (Wildman–Crippen LogP) is 1.89. The van der Waals surface area contributed by atoms with Crippen molar-refractivity contribution in [1.82, 2.24) is 9.21 Å². The summed E-state index contributed by atoms with van der Waals surface area (Å²) >= 11 is 3.32. The van der Waals surface area contributed by atoms with Crippen molar-refractivity contribution in [3.63, 3.8) is 0 Å². The Morgan fingerprint density at radius 2 is 1.90 bits per heavy atom. The standard InChI is InChI=1S/C14H20BrN3O2S/c15-13-4-3-11(16)9-14(13)21(19,20)18-8-5-12(10-18)17-6-1-2-7-17/h3-4,9,12H,1-2,5-8,10,16H2. The van der Waals surface area contributed by atoms with E-state index in [0.29, 0.717) is 29.3 Å². The highest BCUT2D eigenvalue weighted by Gasteiger charge is 2.36. The Kier molecular flexibility index (Phi) is 4.27. The second-order valence-corrected chi connectivity index (χ2v) is 8.50. The molecule has 1 aromatic carbocycles. The van der Waals surface area contributed by atoms with Gasteiger partial charge >= 0.3 is 0 Å². The first-order valence-electron chi connectivity index (χ1n) is 7.28. The molecule has 0 spiro atoms. The summed E-state index contributed by atoms with van der Waals surface area (Å²) < 4.78 is 27.7. The maximum absolute atomic E-state index is 12.8. The van der Waals surface area contributed by atoms with Crippen molar-refractivity contribution in [2.75, 3.05) is 31.9 Å². The molecule has 1 unspecified atom stereocenters. The lowest BCUT2D eigenvalue weighted by Gasteiger charge is -2.23. The Labute approximate surface area is 134 Å². The molecule has 21 heavy (non-hydrogen) atoms. The van der Waals surface area contributed by atoms with Gasteiger partial charge in [0.15, 0.2) is 0 Å². The number of halogens is 1. The molecule has 3 rings (SSSR count). The molecule has 0 amide bonds. The lowest BCUT2D eigenvalue weighted by atomic mass is 10.2. The molecule has 2 heterocycles. The molecule has 0 radical (unpaired) electrons. The fraction of sp³-hybridized carbons (Fsp3) is 0.571. The summed E-state index contributed by atoms with van der Waals surface area (Å²) in [5.74, 6) is 0. The molecule has 0 aliphatic carbocycles.